The van der Waals surface area contributed by atoms with Gasteiger partial charge in [0.05, 0.1) is 26.0 Å². The Bertz CT molecular complexity index is 1030. The molecule has 0 heterocycles. The van der Waals surface area contributed by atoms with Gasteiger partial charge < -0.3 is 14.6 Å². The van der Waals surface area contributed by atoms with Crippen molar-refractivity contribution in [3.63, 3.8) is 0 Å². The van der Waals surface area contributed by atoms with E-state index in [0.29, 0.717) is 27.1 Å². The third-order valence-electron chi connectivity index (χ3n) is 3.98. The molecule has 0 atom stereocenters. The standard InChI is InChI=1S/C20H17BrN2O4/c1-26-18-8-13-6-4-3-5-12(13)7-15(18)20(25)23-22-11-14-9-19(27-2)17(24)10-16(14)21/h3-11,24H,1-2H3,(H,23,25)/b22-11+. The van der Waals surface area contributed by atoms with Crippen LogP contribution in [0.3, 0.4) is 0 Å². The number of methoxy groups -OCH3 is 2. The van der Waals surface area contributed by atoms with E-state index in [1.54, 1.807) is 12.1 Å². The second-order valence-electron chi connectivity index (χ2n) is 5.64. The van der Waals surface area contributed by atoms with Crippen LogP contribution in [0.2, 0.25) is 0 Å². The van der Waals surface area contributed by atoms with Crippen LogP contribution in [-0.2, 0) is 0 Å². The van der Waals surface area contributed by atoms with E-state index >= 15 is 0 Å². The summed E-state index contributed by atoms with van der Waals surface area (Å²) in [5.74, 6) is 0.387. The fourth-order valence-corrected chi connectivity index (χ4v) is 3.04. The number of amides is 1. The summed E-state index contributed by atoms with van der Waals surface area (Å²) in [5, 5.41) is 15.6. The molecule has 3 aromatic rings. The van der Waals surface area contributed by atoms with Gasteiger partial charge in [0.25, 0.3) is 5.91 Å². The monoisotopic (exact) mass is 428 g/mol. The van der Waals surface area contributed by atoms with Crippen molar-refractivity contribution in [3.05, 3.63) is 64.1 Å². The van der Waals surface area contributed by atoms with E-state index in [-0.39, 0.29) is 5.75 Å². The van der Waals surface area contributed by atoms with Crippen LogP contribution < -0.4 is 14.9 Å². The first-order chi connectivity index (χ1) is 13.0. The van der Waals surface area contributed by atoms with E-state index in [4.69, 9.17) is 9.47 Å². The molecule has 27 heavy (non-hydrogen) atoms. The minimum atomic E-state index is -0.393. The molecule has 0 aliphatic heterocycles. The van der Waals surface area contributed by atoms with E-state index in [2.05, 4.69) is 26.5 Å². The lowest BCUT2D eigenvalue weighted by Crippen LogP contribution is -2.18. The van der Waals surface area contributed by atoms with E-state index in [1.165, 1.54) is 26.5 Å². The zero-order valence-electron chi connectivity index (χ0n) is 14.7. The first-order valence-electron chi connectivity index (χ1n) is 8.00. The molecule has 0 saturated carbocycles. The maximum atomic E-state index is 12.5. The number of hydrogen-bond donors (Lipinski definition) is 2. The highest BCUT2D eigenvalue weighted by molar-refractivity contribution is 9.10. The molecule has 0 aliphatic rings. The number of benzene rings is 3. The molecule has 1 amide bonds. The third-order valence-corrected chi connectivity index (χ3v) is 4.67. The van der Waals surface area contributed by atoms with Crippen LogP contribution in [-0.4, -0.2) is 31.4 Å². The molecule has 0 aromatic heterocycles. The maximum absolute atomic E-state index is 12.5. The number of carbonyl (C=O) groups is 1. The van der Waals surface area contributed by atoms with Crippen molar-refractivity contribution in [1.82, 2.24) is 5.43 Å². The predicted molar refractivity (Wildman–Crippen MR) is 108 cm³/mol. The van der Waals surface area contributed by atoms with E-state index in [1.807, 2.05) is 30.3 Å². The largest absolute Gasteiger partial charge is 0.504 e. The highest BCUT2D eigenvalue weighted by Crippen LogP contribution is 2.31. The van der Waals surface area contributed by atoms with Gasteiger partial charge in [0, 0.05) is 10.0 Å². The third kappa shape index (κ3) is 4.03. The van der Waals surface area contributed by atoms with Crippen molar-refractivity contribution in [2.45, 2.75) is 0 Å². The molecule has 7 heteroatoms. The minimum Gasteiger partial charge on any atom is -0.504 e. The molecule has 0 bridgehead atoms. The van der Waals surface area contributed by atoms with Gasteiger partial charge in [0.2, 0.25) is 0 Å². The predicted octanol–water partition coefficient (Wildman–Crippen LogP) is 4.09. The van der Waals surface area contributed by atoms with Crippen molar-refractivity contribution in [1.29, 1.82) is 0 Å². The zero-order valence-corrected chi connectivity index (χ0v) is 16.3. The highest BCUT2D eigenvalue weighted by Gasteiger charge is 2.13. The first-order valence-corrected chi connectivity index (χ1v) is 8.79. The second-order valence-corrected chi connectivity index (χ2v) is 6.50. The van der Waals surface area contributed by atoms with Crippen molar-refractivity contribution in [3.8, 4) is 17.2 Å². The lowest BCUT2D eigenvalue weighted by atomic mass is 10.1. The highest BCUT2D eigenvalue weighted by atomic mass is 79.9. The van der Waals surface area contributed by atoms with Crippen molar-refractivity contribution in [2.24, 2.45) is 5.10 Å². The van der Waals surface area contributed by atoms with Gasteiger partial charge in [0.15, 0.2) is 11.5 Å². The summed E-state index contributed by atoms with van der Waals surface area (Å²) >= 11 is 3.33. The average Bonchev–Trinajstić information content (AvgIpc) is 2.68. The van der Waals surface area contributed by atoms with Gasteiger partial charge in [-0.15, -0.1) is 0 Å². The number of phenolic OH excluding ortho intramolecular Hbond substituents is 1. The Hall–Kier alpha value is -3.06. The van der Waals surface area contributed by atoms with Gasteiger partial charge in [-0.05, 0) is 51.0 Å². The number of ether oxygens (including phenoxy) is 2. The number of fused-ring (bicyclic) bond motifs is 1. The lowest BCUT2D eigenvalue weighted by molar-refractivity contribution is 0.0952. The molecule has 3 aromatic carbocycles. The molecule has 3 rings (SSSR count). The number of aromatic hydroxyl groups is 1. The van der Waals surface area contributed by atoms with Gasteiger partial charge in [-0.1, -0.05) is 24.3 Å². The van der Waals surface area contributed by atoms with Crippen LogP contribution in [0.4, 0.5) is 0 Å². The molecular formula is C20H17BrN2O4. The Morgan fingerprint density at radius 1 is 1.07 bits per heavy atom. The van der Waals surface area contributed by atoms with Gasteiger partial charge in [0.1, 0.15) is 5.75 Å². The number of phenols is 1. The van der Waals surface area contributed by atoms with Crippen LogP contribution in [0, 0.1) is 0 Å². The van der Waals surface area contributed by atoms with Gasteiger partial charge in [-0.3, -0.25) is 4.79 Å². The first kappa shape index (κ1) is 18.7. The van der Waals surface area contributed by atoms with Crippen molar-refractivity contribution in [2.75, 3.05) is 14.2 Å². The Labute approximate surface area is 164 Å². The number of nitrogens with one attached hydrogen (secondary N) is 1. The Kier molecular flexibility index (Phi) is 5.61. The Balaban J connectivity index is 1.84. The molecule has 0 unspecified atom stereocenters. The fourth-order valence-electron chi connectivity index (χ4n) is 2.61. The smallest absolute Gasteiger partial charge is 0.275 e. The van der Waals surface area contributed by atoms with Crippen LogP contribution in [0.1, 0.15) is 15.9 Å². The Morgan fingerprint density at radius 3 is 2.41 bits per heavy atom. The topological polar surface area (TPSA) is 80.2 Å². The summed E-state index contributed by atoms with van der Waals surface area (Å²) < 4.78 is 11.0. The summed E-state index contributed by atoms with van der Waals surface area (Å²) in [4.78, 5) is 12.5. The van der Waals surface area contributed by atoms with Gasteiger partial charge in [-0.2, -0.15) is 5.10 Å². The fraction of sp³-hybridized carbons (Fsp3) is 0.100. The quantitative estimate of drug-likeness (QED) is 0.473. The molecule has 2 N–H and O–H groups in total. The van der Waals surface area contributed by atoms with Crippen LogP contribution >= 0.6 is 15.9 Å². The average molecular weight is 429 g/mol. The Morgan fingerprint density at radius 2 is 1.74 bits per heavy atom. The lowest BCUT2D eigenvalue weighted by Gasteiger charge is -2.09. The molecular weight excluding hydrogens is 412 g/mol. The zero-order chi connectivity index (χ0) is 19.4. The number of halogens is 1. The van der Waals surface area contributed by atoms with Crippen LogP contribution in [0.5, 0.6) is 17.2 Å². The molecule has 6 nitrogen and oxygen atoms in total. The SMILES string of the molecule is COc1cc(/C=N/NC(=O)c2cc3ccccc3cc2OC)c(Br)cc1O. The van der Waals surface area contributed by atoms with Crippen molar-refractivity contribution < 1.29 is 19.4 Å². The second kappa shape index (κ2) is 8.09. The van der Waals surface area contributed by atoms with E-state index < -0.39 is 5.91 Å². The maximum Gasteiger partial charge on any atom is 0.275 e. The molecule has 0 fully saturated rings. The number of rotatable bonds is 5. The number of nitrogens with zero attached hydrogens (tertiary/aromatic N) is 1. The summed E-state index contributed by atoms with van der Waals surface area (Å²) in [6.45, 7) is 0. The molecule has 0 spiro atoms. The summed E-state index contributed by atoms with van der Waals surface area (Å²) in [6, 6.07) is 14.4. The summed E-state index contributed by atoms with van der Waals surface area (Å²) in [5.41, 5.74) is 3.51. The number of hydrazone groups is 1. The van der Waals surface area contributed by atoms with E-state index in [0.717, 1.165) is 10.8 Å². The normalized spacial score (nSPS) is 10.9. The minimum absolute atomic E-state index is 0.00598. The summed E-state index contributed by atoms with van der Waals surface area (Å²) in [7, 11) is 2.97. The van der Waals surface area contributed by atoms with Crippen LogP contribution in [0.25, 0.3) is 10.8 Å². The summed E-state index contributed by atoms with van der Waals surface area (Å²) in [6.07, 6.45) is 1.46. The van der Waals surface area contributed by atoms with Gasteiger partial charge >= 0.3 is 0 Å². The van der Waals surface area contributed by atoms with Crippen LogP contribution in [0.15, 0.2) is 58.1 Å². The molecule has 0 aliphatic carbocycles. The number of hydrogen-bond acceptors (Lipinski definition) is 5. The molecule has 0 saturated heterocycles. The molecule has 138 valence electrons. The number of carbonyl (C=O) groups excluding carboxylic acids is 1. The van der Waals surface area contributed by atoms with Gasteiger partial charge in [-0.25, -0.2) is 5.43 Å². The van der Waals surface area contributed by atoms with E-state index in [9.17, 15) is 9.90 Å². The van der Waals surface area contributed by atoms with Crippen molar-refractivity contribution >= 4 is 38.8 Å². The molecule has 0 radical (unpaired) electrons.